The van der Waals surface area contributed by atoms with Crippen molar-refractivity contribution in [1.82, 2.24) is 35.0 Å². The second-order valence-corrected chi connectivity index (χ2v) is 7.45. The SMILES string of the molecule is Cc1ccnc(-c2cn[nH]c2C(=O)NC2CCn3cc(-c4ccccc4)nc3C2)n1. The number of hydrogen-bond donors (Lipinski definition) is 2. The lowest BCUT2D eigenvalue weighted by Gasteiger charge is -2.24. The molecule has 4 heterocycles. The summed E-state index contributed by atoms with van der Waals surface area (Å²) >= 11 is 0. The number of imidazole rings is 1. The van der Waals surface area contributed by atoms with Gasteiger partial charge in [0.05, 0.1) is 17.5 Å². The van der Waals surface area contributed by atoms with E-state index in [1.54, 1.807) is 12.4 Å². The molecule has 0 fully saturated rings. The first-order valence-corrected chi connectivity index (χ1v) is 9.93. The molecule has 150 valence electrons. The molecule has 0 aliphatic carbocycles. The summed E-state index contributed by atoms with van der Waals surface area (Å²) in [6.45, 7) is 2.70. The minimum atomic E-state index is -0.208. The van der Waals surface area contributed by atoms with Gasteiger partial charge in [0.2, 0.25) is 0 Å². The first-order chi connectivity index (χ1) is 14.7. The zero-order chi connectivity index (χ0) is 20.5. The Balaban J connectivity index is 1.32. The predicted octanol–water partition coefficient (Wildman–Crippen LogP) is 2.78. The maximum Gasteiger partial charge on any atom is 0.270 e. The van der Waals surface area contributed by atoms with Crippen molar-refractivity contribution < 1.29 is 4.79 Å². The van der Waals surface area contributed by atoms with Crippen LogP contribution in [0.2, 0.25) is 0 Å². The normalized spacial score (nSPS) is 15.6. The molecule has 1 aromatic carbocycles. The Kier molecular flexibility index (Phi) is 4.59. The molecular formula is C22H21N7O. The van der Waals surface area contributed by atoms with Gasteiger partial charge in [-0.05, 0) is 19.4 Å². The molecular weight excluding hydrogens is 378 g/mol. The number of aromatic nitrogens is 6. The molecule has 5 rings (SSSR count). The largest absolute Gasteiger partial charge is 0.347 e. The highest BCUT2D eigenvalue weighted by Crippen LogP contribution is 2.23. The number of H-pyrrole nitrogens is 1. The number of aryl methyl sites for hydroxylation is 2. The predicted molar refractivity (Wildman–Crippen MR) is 112 cm³/mol. The van der Waals surface area contributed by atoms with E-state index >= 15 is 0 Å². The van der Waals surface area contributed by atoms with E-state index in [0.717, 1.165) is 35.7 Å². The number of carbonyl (C=O) groups is 1. The second-order valence-electron chi connectivity index (χ2n) is 7.45. The summed E-state index contributed by atoms with van der Waals surface area (Å²) in [4.78, 5) is 26.4. The van der Waals surface area contributed by atoms with Crippen LogP contribution in [0.25, 0.3) is 22.6 Å². The molecule has 0 spiro atoms. The fraction of sp³-hybridized carbons (Fsp3) is 0.227. The quantitative estimate of drug-likeness (QED) is 0.549. The van der Waals surface area contributed by atoms with Gasteiger partial charge < -0.3 is 9.88 Å². The van der Waals surface area contributed by atoms with Gasteiger partial charge in [0, 0.05) is 42.7 Å². The van der Waals surface area contributed by atoms with E-state index in [-0.39, 0.29) is 11.9 Å². The van der Waals surface area contributed by atoms with Crippen LogP contribution in [-0.4, -0.2) is 41.7 Å². The number of hydrogen-bond acceptors (Lipinski definition) is 5. The van der Waals surface area contributed by atoms with E-state index in [1.165, 1.54) is 0 Å². The van der Waals surface area contributed by atoms with Crippen molar-refractivity contribution in [3.05, 3.63) is 72.2 Å². The van der Waals surface area contributed by atoms with Crippen LogP contribution in [0.4, 0.5) is 0 Å². The minimum Gasteiger partial charge on any atom is -0.347 e. The first-order valence-electron chi connectivity index (χ1n) is 9.93. The third-order valence-electron chi connectivity index (χ3n) is 5.31. The van der Waals surface area contributed by atoms with Gasteiger partial charge in [-0.15, -0.1) is 0 Å². The Hall–Kier alpha value is -3.81. The monoisotopic (exact) mass is 399 g/mol. The van der Waals surface area contributed by atoms with Crippen molar-refractivity contribution in [3.8, 4) is 22.6 Å². The maximum atomic E-state index is 12.9. The summed E-state index contributed by atoms with van der Waals surface area (Å²) in [5.41, 5.74) is 3.87. The highest BCUT2D eigenvalue weighted by Gasteiger charge is 2.25. The van der Waals surface area contributed by atoms with Crippen molar-refractivity contribution >= 4 is 5.91 Å². The molecule has 1 amide bonds. The summed E-state index contributed by atoms with van der Waals surface area (Å²) in [7, 11) is 0. The molecule has 1 aliphatic rings. The smallest absolute Gasteiger partial charge is 0.270 e. The number of rotatable bonds is 4. The van der Waals surface area contributed by atoms with Crippen molar-refractivity contribution in [3.63, 3.8) is 0 Å². The first kappa shape index (κ1) is 18.2. The van der Waals surface area contributed by atoms with Crippen LogP contribution < -0.4 is 5.32 Å². The molecule has 1 unspecified atom stereocenters. The molecule has 4 aromatic rings. The summed E-state index contributed by atoms with van der Waals surface area (Å²) in [5, 5.41) is 9.94. The number of fused-ring (bicyclic) bond motifs is 1. The van der Waals surface area contributed by atoms with E-state index in [2.05, 4.69) is 48.4 Å². The highest BCUT2D eigenvalue weighted by atomic mass is 16.2. The third kappa shape index (κ3) is 3.47. The summed E-state index contributed by atoms with van der Waals surface area (Å²) in [6, 6.07) is 12.0. The van der Waals surface area contributed by atoms with Crippen LogP contribution in [0.5, 0.6) is 0 Å². The molecule has 30 heavy (non-hydrogen) atoms. The number of aromatic amines is 1. The summed E-state index contributed by atoms with van der Waals surface area (Å²) in [5.74, 6) is 1.26. The van der Waals surface area contributed by atoms with Gasteiger partial charge in [0.1, 0.15) is 11.5 Å². The standard InChI is InChI=1S/C22H21N7O/c1-14-7-9-23-21(25-14)17-12-24-28-20(17)22(30)26-16-8-10-29-13-18(27-19(29)11-16)15-5-3-2-4-6-15/h2-7,9,12-13,16H,8,10-11H2,1H3,(H,24,28)(H,26,30). The van der Waals surface area contributed by atoms with Gasteiger partial charge in [0.15, 0.2) is 5.82 Å². The van der Waals surface area contributed by atoms with E-state index in [4.69, 9.17) is 4.98 Å². The Labute approximate surface area is 173 Å². The number of nitrogens with one attached hydrogen (secondary N) is 2. The number of benzene rings is 1. The molecule has 1 atom stereocenters. The van der Waals surface area contributed by atoms with E-state index < -0.39 is 0 Å². The van der Waals surface area contributed by atoms with Crippen LogP contribution in [0.15, 0.2) is 55.0 Å². The van der Waals surface area contributed by atoms with Crippen LogP contribution >= 0.6 is 0 Å². The lowest BCUT2D eigenvalue weighted by molar-refractivity contribution is 0.0926. The zero-order valence-electron chi connectivity index (χ0n) is 16.5. The summed E-state index contributed by atoms with van der Waals surface area (Å²) < 4.78 is 2.17. The number of amides is 1. The van der Waals surface area contributed by atoms with Crippen molar-refractivity contribution in [2.24, 2.45) is 0 Å². The van der Waals surface area contributed by atoms with Gasteiger partial charge in [-0.1, -0.05) is 30.3 Å². The fourth-order valence-electron chi connectivity index (χ4n) is 3.76. The van der Waals surface area contributed by atoms with Gasteiger partial charge in [0.25, 0.3) is 5.91 Å². The van der Waals surface area contributed by atoms with Gasteiger partial charge in [-0.25, -0.2) is 15.0 Å². The van der Waals surface area contributed by atoms with Crippen LogP contribution in [0.1, 0.15) is 28.4 Å². The van der Waals surface area contributed by atoms with Crippen molar-refractivity contribution in [1.29, 1.82) is 0 Å². The van der Waals surface area contributed by atoms with Crippen LogP contribution in [-0.2, 0) is 13.0 Å². The van der Waals surface area contributed by atoms with Crippen LogP contribution in [0.3, 0.4) is 0 Å². The molecule has 0 bridgehead atoms. The van der Waals surface area contributed by atoms with Gasteiger partial charge >= 0.3 is 0 Å². The second kappa shape index (κ2) is 7.55. The lowest BCUT2D eigenvalue weighted by atomic mass is 10.1. The molecule has 8 heteroatoms. The van der Waals surface area contributed by atoms with E-state index in [9.17, 15) is 4.79 Å². The highest BCUT2D eigenvalue weighted by molar-refractivity contribution is 5.98. The zero-order valence-corrected chi connectivity index (χ0v) is 16.5. The average Bonchev–Trinajstić information content (AvgIpc) is 3.41. The van der Waals surface area contributed by atoms with Crippen molar-refractivity contribution in [2.45, 2.75) is 32.4 Å². The molecule has 8 nitrogen and oxygen atoms in total. The molecule has 0 saturated carbocycles. The minimum absolute atomic E-state index is 0.00519. The molecule has 0 radical (unpaired) electrons. The number of carbonyl (C=O) groups excluding carboxylic acids is 1. The fourth-order valence-corrected chi connectivity index (χ4v) is 3.76. The average molecular weight is 399 g/mol. The lowest BCUT2D eigenvalue weighted by Crippen LogP contribution is -2.40. The molecule has 1 aliphatic heterocycles. The molecule has 2 N–H and O–H groups in total. The number of nitrogens with zero attached hydrogens (tertiary/aromatic N) is 5. The van der Waals surface area contributed by atoms with Crippen molar-refractivity contribution in [2.75, 3.05) is 0 Å². The third-order valence-corrected chi connectivity index (χ3v) is 5.31. The van der Waals surface area contributed by atoms with E-state index in [1.807, 2.05) is 31.2 Å². The van der Waals surface area contributed by atoms with E-state index in [0.29, 0.717) is 23.5 Å². The Morgan fingerprint density at radius 1 is 1.20 bits per heavy atom. The molecule has 3 aromatic heterocycles. The topological polar surface area (TPSA) is 101 Å². The van der Waals surface area contributed by atoms with Crippen LogP contribution in [0, 0.1) is 6.92 Å². The Morgan fingerprint density at radius 2 is 2.07 bits per heavy atom. The molecule has 0 saturated heterocycles. The Morgan fingerprint density at radius 3 is 2.90 bits per heavy atom. The Bertz CT molecular complexity index is 1200. The van der Waals surface area contributed by atoms with Gasteiger partial charge in [-0.2, -0.15) is 5.10 Å². The summed E-state index contributed by atoms with van der Waals surface area (Å²) in [6.07, 6.45) is 6.88. The maximum absolute atomic E-state index is 12.9. The van der Waals surface area contributed by atoms with Gasteiger partial charge in [-0.3, -0.25) is 9.89 Å².